The van der Waals surface area contributed by atoms with Crippen molar-refractivity contribution in [3.8, 4) is 0 Å². The van der Waals surface area contributed by atoms with E-state index in [9.17, 15) is 4.79 Å². The third-order valence-corrected chi connectivity index (χ3v) is 1.94. The van der Waals surface area contributed by atoms with E-state index in [1.807, 2.05) is 0 Å². The summed E-state index contributed by atoms with van der Waals surface area (Å²) in [5.41, 5.74) is 0.742. The van der Waals surface area contributed by atoms with E-state index < -0.39 is 11.9 Å². The number of carbonyl (C=O) groups is 1. The molecule has 0 radical (unpaired) electrons. The third-order valence-electron chi connectivity index (χ3n) is 1.61. The van der Waals surface area contributed by atoms with Crippen molar-refractivity contribution >= 4 is 17.6 Å². The minimum absolute atomic E-state index is 0.407. The maximum Gasteiger partial charge on any atom is 0.306 e. The lowest BCUT2D eigenvalue weighted by Crippen LogP contribution is -2.11. The molecule has 0 saturated heterocycles. The molecule has 1 aromatic rings. The fraction of sp³-hybridized carbons (Fsp3) is 0.429. The number of hydrogen-bond acceptors (Lipinski definition) is 2. The van der Waals surface area contributed by atoms with E-state index in [1.54, 1.807) is 13.1 Å². The lowest BCUT2D eigenvalue weighted by molar-refractivity contribution is -0.141. The average Bonchev–Trinajstić information content (AvgIpc) is 2.36. The summed E-state index contributed by atoms with van der Waals surface area (Å²) in [7, 11) is 0. The van der Waals surface area contributed by atoms with E-state index in [1.165, 1.54) is 0 Å². The highest BCUT2D eigenvalue weighted by molar-refractivity contribution is 6.30. The summed E-state index contributed by atoms with van der Waals surface area (Å²) in [6.45, 7) is 1.63. The third kappa shape index (κ3) is 1.98. The number of aliphatic carboxylic acids is 1. The molecule has 1 unspecified atom stereocenters. The van der Waals surface area contributed by atoms with Gasteiger partial charge in [0, 0.05) is 5.56 Å². The van der Waals surface area contributed by atoms with Crippen molar-refractivity contribution in [1.29, 1.82) is 0 Å². The van der Waals surface area contributed by atoms with Crippen LogP contribution in [0.25, 0.3) is 0 Å². The minimum atomic E-state index is -0.827. The van der Waals surface area contributed by atoms with Gasteiger partial charge in [-0.15, -0.1) is 0 Å². The number of nitrogens with one attached hydrogen (secondary N) is 1. The van der Waals surface area contributed by atoms with E-state index >= 15 is 0 Å². The second kappa shape index (κ2) is 3.58. The maximum atomic E-state index is 10.5. The Morgan fingerprint density at radius 2 is 2.58 bits per heavy atom. The molecule has 4 nitrogen and oxygen atoms in total. The molecule has 0 bridgehead atoms. The SMILES string of the molecule is CC(Cc1cn[nH]c1Cl)C(=O)O. The zero-order chi connectivity index (χ0) is 9.14. The number of carboxylic acids is 1. The fourth-order valence-electron chi connectivity index (χ4n) is 0.855. The highest BCUT2D eigenvalue weighted by atomic mass is 35.5. The van der Waals surface area contributed by atoms with Crippen LogP contribution in [-0.4, -0.2) is 21.3 Å². The number of rotatable bonds is 3. The van der Waals surface area contributed by atoms with Crippen LogP contribution in [-0.2, 0) is 11.2 Å². The average molecular weight is 189 g/mol. The lowest BCUT2D eigenvalue weighted by Gasteiger charge is -2.02. The van der Waals surface area contributed by atoms with Crippen molar-refractivity contribution in [2.75, 3.05) is 0 Å². The van der Waals surface area contributed by atoms with Gasteiger partial charge >= 0.3 is 5.97 Å². The number of aromatic amines is 1. The van der Waals surface area contributed by atoms with Gasteiger partial charge in [0.15, 0.2) is 0 Å². The van der Waals surface area contributed by atoms with Crippen LogP contribution in [0.2, 0.25) is 5.15 Å². The number of H-pyrrole nitrogens is 1. The fourth-order valence-corrected chi connectivity index (χ4v) is 1.03. The summed E-state index contributed by atoms with van der Waals surface area (Å²) in [4.78, 5) is 10.5. The van der Waals surface area contributed by atoms with Gasteiger partial charge in [-0.1, -0.05) is 18.5 Å². The minimum Gasteiger partial charge on any atom is -0.481 e. The van der Waals surface area contributed by atoms with Gasteiger partial charge in [0.05, 0.1) is 12.1 Å². The number of nitrogens with zero attached hydrogens (tertiary/aromatic N) is 1. The van der Waals surface area contributed by atoms with E-state index in [2.05, 4.69) is 10.2 Å². The van der Waals surface area contributed by atoms with Crippen LogP contribution < -0.4 is 0 Å². The van der Waals surface area contributed by atoms with E-state index in [0.29, 0.717) is 11.6 Å². The van der Waals surface area contributed by atoms with Crippen LogP contribution in [0.4, 0.5) is 0 Å². The topological polar surface area (TPSA) is 66.0 Å². The quantitative estimate of drug-likeness (QED) is 0.752. The molecular formula is C7H9ClN2O2. The van der Waals surface area contributed by atoms with Gasteiger partial charge < -0.3 is 5.11 Å². The van der Waals surface area contributed by atoms with Crippen LogP contribution >= 0.6 is 11.6 Å². The smallest absolute Gasteiger partial charge is 0.306 e. The second-order valence-corrected chi connectivity index (χ2v) is 3.03. The van der Waals surface area contributed by atoms with Crippen molar-refractivity contribution < 1.29 is 9.90 Å². The molecule has 5 heteroatoms. The Labute approximate surface area is 74.5 Å². The number of aromatic nitrogens is 2. The van der Waals surface area contributed by atoms with E-state index in [0.717, 1.165) is 5.56 Å². The summed E-state index contributed by atoms with van der Waals surface area (Å²) in [6.07, 6.45) is 1.95. The Balaban J connectivity index is 2.64. The molecule has 1 heterocycles. The molecule has 0 saturated carbocycles. The van der Waals surface area contributed by atoms with Gasteiger partial charge in [0.2, 0.25) is 0 Å². The van der Waals surface area contributed by atoms with Crippen LogP contribution in [0.5, 0.6) is 0 Å². The van der Waals surface area contributed by atoms with Crippen LogP contribution in [0.3, 0.4) is 0 Å². The van der Waals surface area contributed by atoms with Gasteiger partial charge in [-0.3, -0.25) is 9.89 Å². The van der Waals surface area contributed by atoms with Gasteiger partial charge in [-0.05, 0) is 6.42 Å². The first kappa shape index (κ1) is 9.06. The summed E-state index contributed by atoms with van der Waals surface area (Å²) < 4.78 is 0. The molecule has 0 aromatic carbocycles. The highest BCUT2D eigenvalue weighted by Gasteiger charge is 2.14. The molecular weight excluding hydrogens is 180 g/mol. The lowest BCUT2D eigenvalue weighted by atomic mass is 10.0. The standard InChI is InChI=1S/C7H9ClN2O2/c1-4(7(11)12)2-5-3-9-10-6(5)8/h3-4H,2H2,1H3,(H,9,10)(H,11,12). The monoisotopic (exact) mass is 188 g/mol. The summed E-state index contributed by atoms with van der Waals surface area (Å²) in [5.74, 6) is -1.26. The van der Waals surface area contributed by atoms with E-state index in [-0.39, 0.29) is 0 Å². The molecule has 0 fully saturated rings. The van der Waals surface area contributed by atoms with E-state index in [4.69, 9.17) is 16.7 Å². The molecule has 1 aromatic heterocycles. The Bertz CT molecular complexity index is 285. The van der Waals surface area contributed by atoms with Gasteiger partial charge in [0.25, 0.3) is 0 Å². The molecule has 1 atom stereocenters. The number of hydrogen-bond donors (Lipinski definition) is 2. The number of carboxylic acid groups (broad SMARTS) is 1. The first-order chi connectivity index (χ1) is 5.61. The summed E-state index contributed by atoms with van der Waals surface area (Å²) in [6, 6.07) is 0. The Hall–Kier alpha value is -1.03. The molecule has 0 amide bonds. The van der Waals surface area contributed by atoms with Gasteiger partial charge in [0.1, 0.15) is 5.15 Å². The molecule has 1 rings (SSSR count). The first-order valence-electron chi connectivity index (χ1n) is 3.52. The van der Waals surface area contributed by atoms with Crippen LogP contribution in [0.15, 0.2) is 6.20 Å². The number of halogens is 1. The summed E-state index contributed by atoms with van der Waals surface area (Å²) >= 11 is 5.68. The van der Waals surface area contributed by atoms with Crippen molar-refractivity contribution in [2.45, 2.75) is 13.3 Å². The highest BCUT2D eigenvalue weighted by Crippen LogP contribution is 2.15. The molecule has 0 spiro atoms. The largest absolute Gasteiger partial charge is 0.481 e. The first-order valence-corrected chi connectivity index (χ1v) is 3.89. The zero-order valence-electron chi connectivity index (χ0n) is 6.54. The Morgan fingerprint density at radius 1 is 1.92 bits per heavy atom. The molecule has 2 N–H and O–H groups in total. The molecule has 0 aliphatic carbocycles. The van der Waals surface area contributed by atoms with Crippen LogP contribution in [0, 0.1) is 5.92 Å². The van der Waals surface area contributed by atoms with Crippen molar-refractivity contribution in [1.82, 2.24) is 10.2 Å². The van der Waals surface area contributed by atoms with Crippen molar-refractivity contribution in [3.63, 3.8) is 0 Å². The second-order valence-electron chi connectivity index (χ2n) is 2.65. The van der Waals surface area contributed by atoms with Crippen molar-refractivity contribution in [2.24, 2.45) is 5.92 Å². The maximum absolute atomic E-state index is 10.5. The zero-order valence-corrected chi connectivity index (χ0v) is 7.30. The molecule has 12 heavy (non-hydrogen) atoms. The van der Waals surface area contributed by atoms with Crippen molar-refractivity contribution in [3.05, 3.63) is 16.9 Å². The molecule has 0 aliphatic rings. The van der Waals surface area contributed by atoms with Gasteiger partial charge in [-0.2, -0.15) is 5.10 Å². The normalized spacial score (nSPS) is 12.8. The van der Waals surface area contributed by atoms with Crippen LogP contribution in [0.1, 0.15) is 12.5 Å². The van der Waals surface area contributed by atoms with Gasteiger partial charge in [-0.25, -0.2) is 0 Å². The molecule has 66 valence electrons. The molecule has 0 aliphatic heterocycles. The Kier molecular flexibility index (Phi) is 2.70. The Morgan fingerprint density at radius 3 is 3.00 bits per heavy atom. The summed E-state index contributed by atoms with van der Waals surface area (Å²) in [5, 5.41) is 15.2. The predicted octanol–water partition coefficient (Wildman–Crippen LogP) is 1.33. The predicted molar refractivity (Wildman–Crippen MR) is 44.1 cm³/mol.